The van der Waals surface area contributed by atoms with Gasteiger partial charge in [0.25, 0.3) is 0 Å². The summed E-state index contributed by atoms with van der Waals surface area (Å²) in [6.45, 7) is 23.9. The monoisotopic (exact) mass is 654 g/mol. The molecule has 0 aromatic carbocycles. The van der Waals surface area contributed by atoms with Crippen LogP contribution in [0.15, 0.2) is 11.1 Å². The number of allylic oxidation sites excluding steroid dienone is 1. The Morgan fingerprint density at radius 2 is 1.51 bits per heavy atom. The summed E-state index contributed by atoms with van der Waals surface area (Å²) in [5.41, 5.74) is 0.679. The lowest BCUT2D eigenvalue weighted by molar-refractivity contribution is -0.232. The second-order valence-electron chi connectivity index (χ2n) is 18.4. The normalized spacial score (nSPS) is 39.3. The number of hydrogen-bond acceptors (Lipinski definition) is 6. The number of carbonyl (C=O) groups is 4. The van der Waals surface area contributed by atoms with Gasteiger partial charge in [-0.05, 0) is 123 Å². The van der Waals surface area contributed by atoms with Gasteiger partial charge in [0.05, 0.1) is 5.41 Å². The molecular formula is C39H62N2O6. The third kappa shape index (κ3) is 5.65. The summed E-state index contributed by atoms with van der Waals surface area (Å²) in [6.07, 6.45) is 7.51. The minimum atomic E-state index is -0.818. The summed E-state index contributed by atoms with van der Waals surface area (Å²) in [5, 5.41) is 5.87. The number of alkyl carbamates (subject to hydrolysis) is 1. The van der Waals surface area contributed by atoms with Crippen LogP contribution >= 0.6 is 0 Å². The number of fused-ring (bicyclic) bond motifs is 7. The van der Waals surface area contributed by atoms with Gasteiger partial charge in [0.15, 0.2) is 5.78 Å². The number of hydrogen-bond donors (Lipinski definition) is 2. The van der Waals surface area contributed by atoms with Gasteiger partial charge < -0.3 is 20.1 Å². The smallest absolute Gasteiger partial charge is 0.407 e. The summed E-state index contributed by atoms with van der Waals surface area (Å²) in [4.78, 5) is 52.3. The first kappa shape index (κ1) is 35.9. The van der Waals surface area contributed by atoms with E-state index in [-0.39, 0.29) is 76.8 Å². The van der Waals surface area contributed by atoms with E-state index in [9.17, 15) is 19.2 Å². The van der Waals surface area contributed by atoms with Gasteiger partial charge in [-0.15, -0.1) is 0 Å². The van der Waals surface area contributed by atoms with Crippen LogP contribution in [-0.4, -0.2) is 48.5 Å². The van der Waals surface area contributed by atoms with Crippen molar-refractivity contribution in [2.24, 2.45) is 50.7 Å². The van der Waals surface area contributed by atoms with Crippen LogP contribution < -0.4 is 10.6 Å². The van der Waals surface area contributed by atoms with Gasteiger partial charge in [-0.1, -0.05) is 48.5 Å². The molecule has 0 bridgehead atoms. The fraction of sp³-hybridized carbons (Fsp3) is 0.846. The number of carbonyl (C=O) groups excluding carboxylic acids is 4. The summed E-state index contributed by atoms with van der Waals surface area (Å²) in [6, 6.07) is 0. The molecule has 8 nitrogen and oxygen atoms in total. The van der Waals surface area contributed by atoms with Crippen molar-refractivity contribution in [3.63, 3.8) is 0 Å². The van der Waals surface area contributed by atoms with Gasteiger partial charge in [0, 0.05) is 31.8 Å². The highest BCUT2D eigenvalue weighted by atomic mass is 16.6. The maximum atomic E-state index is 14.3. The summed E-state index contributed by atoms with van der Waals surface area (Å²) in [5.74, 6) is 1.10. The van der Waals surface area contributed by atoms with Gasteiger partial charge in [-0.3, -0.25) is 14.4 Å². The molecule has 264 valence electrons. The third-order valence-electron chi connectivity index (χ3n) is 14.2. The summed E-state index contributed by atoms with van der Waals surface area (Å²) >= 11 is 0. The van der Waals surface area contributed by atoms with Crippen molar-refractivity contribution in [1.82, 2.24) is 10.6 Å². The Bertz CT molecular complexity index is 1340. The van der Waals surface area contributed by atoms with E-state index in [1.165, 1.54) is 6.92 Å². The Morgan fingerprint density at radius 3 is 2.13 bits per heavy atom. The van der Waals surface area contributed by atoms with Crippen LogP contribution in [0.1, 0.15) is 134 Å². The maximum absolute atomic E-state index is 14.3. The number of rotatable bonds is 6. The SMILES string of the molecule is CC(=O)O[C@H]1CC[C@]2(C)[C@H]3CC[C@@H]4C5=C(C(C)C)C(=O)C[C@]5(C(=O)NCCNC(=O)OC(C)(C)C)CC[C@@]4(C)[C@]3(C)CC[C@H]2C1(C)C. The molecule has 5 rings (SSSR count). The van der Waals surface area contributed by atoms with Crippen molar-refractivity contribution < 1.29 is 28.7 Å². The van der Waals surface area contributed by atoms with Crippen molar-refractivity contribution in [3.05, 3.63) is 11.1 Å². The molecule has 0 aromatic heterocycles. The van der Waals surface area contributed by atoms with Gasteiger partial charge in [0.1, 0.15) is 11.7 Å². The number of amides is 2. The van der Waals surface area contributed by atoms with Crippen LogP contribution in [-0.2, 0) is 23.9 Å². The first-order valence-corrected chi connectivity index (χ1v) is 18.3. The molecule has 0 unspecified atom stereocenters. The predicted molar refractivity (Wildman–Crippen MR) is 182 cm³/mol. The molecule has 2 N–H and O–H groups in total. The van der Waals surface area contributed by atoms with E-state index in [0.29, 0.717) is 18.3 Å². The van der Waals surface area contributed by atoms with Crippen LogP contribution in [0.5, 0.6) is 0 Å². The number of nitrogens with one attached hydrogen (secondary N) is 2. The van der Waals surface area contributed by atoms with Crippen molar-refractivity contribution >= 4 is 23.8 Å². The molecule has 0 heterocycles. The lowest BCUT2D eigenvalue weighted by Gasteiger charge is -2.72. The number of Topliss-reactive ketones (excluding diaryl/α,β-unsaturated/α-hetero) is 1. The zero-order chi connectivity index (χ0) is 35.0. The molecule has 0 spiro atoms. The molecule has 5 aliphatic rings. The Balaban J connectivity index is 1.42. The van der Waals surface area contributed by atoms with E-state index >= 15 is 0 Å². The van der Waals surface area contributed by atoms with Gasteiger partial charge in [-0.2, -0.15) is 0 Å². The Morgan fingerprint density at radius 1 is 0.851 bits per heavy atom. The summed E-state index contributed by atoms with van der Waals surface area (Å²) in [7, 11) is 0. The zero-order valence-corrected chi connectivity index (χ0v) is 31.1. The molecule has 47 heavy (non-hydrogen) atoms. The van der Waals surface area contributed by atoms with Crippen molar-refractivity contribution in [3.8, 4) is 0 Å². The standard InChI is InChI=1S/C39H62N2O6/c1-23(2)30-26(43)22-39(32(44)40-20-21-41-33(45)47-34(4,5)6)19-18-37(10)25(31(30)39)12-13-28-36(9)16-15-29(46-24(3)42)35(7,8)27(36)14-17-38(28,37)11/h23,25,27-29H,12-22H2,1-11H3,(H,40,44)(H,41,45)/t25-,27+,28-,29+,36+,37-,38-,39-/m1/s1. The van der Waals surface area contributed by atoms with Crippen molar-refractivity contribution in [1.29, 1.82) is 0 Å². The van der Waals surface area contributed by atoms with Gasteiger partial charge in [-0.25, -0.2) is 4.79 Å². The van der Waals surface area contributed by atoms with Crippen LogP contribution in [0, 0.1) is 50.7 Å². The molecular weight excluding hydrogens is 592 g/mol. The number of esters is 1. The third-order valence-corrected chi connectivity index (χ3v) is 14.2. The Kier molecular flexibility index (Phi) is 9.09. The predicted octanol–water partition coefficient (Wildman–Crippen LogP) is 7.54. The quantitative estimate of drug-likeness (QED) is 0.226. The number of ketones is 1. The largest absolute Gasteiger partial charge is 0.462 e. The second-order valence-corrected chi connectivity index (χ2v) is 18.4. The van der Waals surface area contributed by atoms with Gasteiger partial charge in [0.2, 0.25) is 5.91 Å². The molecule has 4 fully saturated rings. The molecule has 5 aliphatic carbocycles. The molecule has 0 saturated heterocycles. The average Bonchev–Trinajstić information content (AvgIpc) is 3.25. The highest BCUT2D eigenvalue weighted by molar-refractivity contribution is 6.07. The second kappa shape index (κ2) is 11.9. The molecule has 0 aliphatic heterocycles. The van der Waals surface area contributed by atoms with E-state index in [0.717, 1.165) is 56.1 Å². The molecule has 8 heteroatoms. The highest BCUT2D eigenvalue weighted by Gasteiger charge is 2.71. The molecule has 0 aromatic rings. The fourth-order valence-corrected chi connectivity index (χ4v) is 12.1. The molecule has 4 saturated carbocycles. The van der Waals surface area contributed by atoms with Crippen molar-refractivity contribution in [2.75, 3.05) is 13.1 Å². The van der Waals surface area contributed by atoms with Crippen molar-refractivity contribution in [2.45, 2.75) is 146 Å². The minimum Gasteiger partial charge on any atom is -0.462 e. The molecule has 0 radical (unpaired) electrons. The average molecular weight is 655 g/mol. The van der Waals surface area contributed by atoms with Crippen LogP contribution in [0.3, 0.4) is 0 Å². The van der Waals surface area contributed by atoms with Gasteiger partial charge >= 0.3 is 12.1 Å². The number of ether oxygens (including phenoxy) is 2. The summed E-state index contributed by atoms with van der Waals surface area (Å²) < 4.78 is 11.3. The Hall–Kier alpha value is -2.38. The molecule has 8 atom stereocenters. The van der Waals surface area contributed by atoms with E-state index < -0.39 is 17.1 Å². The Labute approximate surface area is 283 Å². The lowest BCUT2D eigenvalue weighted by Crippen LogP contribution is -2.66. The van der Waals surface area contributed by atoms with E-state index in [1.807, 2.05) is 20.8 Å². The first-order chi connectivity index (χ1) is 21.6. The van der Waals surface area contributed by atoms with Crippen LogP contribution in [0.4, 0.5) is 4.79 Å². The molecule has 2 amide bonds. The van der Waals surface area contributed by atoms with Crippen LogP contribution in [0.2, 0.25) is 0 Å². The first-order valence-electron chi connectivity index (χ1n) is 18.3. The van der Waals surface area contributed by atoms with E-state index in [2.05, 4.69) is 59.1 Å². The maximum Gasteiger partial charge on any atom is 0.407 e. The minimum absolute atomic E-state index is 0.0388. The zero-order valence-electron chi connectivity index (χ0n) is 31.1. The fourth-order valence-electron chi connectivity index (χ4n) is 12.1. The van der Waals surface area contributed by atoms with E-state index in [1.54, 1.807) is 0 Å². The highest BCUT2D eigenvalue weighted by Crippen LogP contribution is 2.76. The van der Waals surface area contributed by atoms with Crippen LogP contribution in [0.25, 0.3) is 0 Å². The lowest BCUT2D eigenvalue weighted by atomic mass is 9.33. The van der Waals surface area contributed by atoms with E-state index in [4.69, 9.17) is 9.47 Å². The topological polar surface area (TPSA) is 111 Å².